The van der Waals surface area contributed by atoms with E-state index in [0.717, 1.165) is 0 Å². The Morgan fingerprint density at radius 3 is 1.39 bits per heavy atom. The predicted molar refractivity (Wildman–Crippen MR) is 74.7 cm³/mol. The van der Waals surface area contributed by atoms with Crippen LogP contribution in [0.2, 0.25) is 0 Å². The fraction of sp³-hybridized carbons (Fsp3) is 0.0769. The summed E-state index contributed by atoms with van der Waals surface area (Å²) in [5.41, 5.74) is 1.58. The molecule has 1 aliphatic rings. The van der Waals surface area contributed by atoms with Crippen molar-refractivity contribution in [3.8, 4) is 11.1 Å². The molecule has 10 heteroatoms. The molecule has 0 heterocycles. The van der Waals surface area contributed by atoms with Crippen molar-refractivity contribution in [1.29, 1.82) is 0 Å². The van der Waals surface area contributed by atoms with Crippen molar-refractivity contribution in [3.63, 3.8) is 0 Å². The molecule has 0 N–H and O–H groups in total. The van der Waals surface area contributed by atoms with E-state index in [4.69, 9.17) is 0 Å². The number of fused-ring (bicyclic) bond motifs is 3. The van der Waals surface area contributed by atoms with Gasteiger partial charge in [-0.25, -0.2) is 0 Å². The Kier molecular flexibility index (Phi) is 3.35. The average molecular weight is 367 g/mol. The fourth-order valence-electron chi connectivity index (χ4n) is 2.62. The van der Waals surface area contributed by atoms with Gasteiger partial charge in [-0.2, -0.15) is 0 Å². The molecule has 123 valence electrons. The molecular formula is C13H9CuN3O6. The zero-order valence-electron chi connectivity index (χ0n) is 11.3. The summed E-state index contributed by atoms with van der Waals surface area (Å²) in [7, 11) is 0. The molecule has 2 aromatic rings. The first kappa shape index (κ1) is 15.1. The molecule has 0 saturated carbocycles. The third-order valence-corrected chi connectivity index (χ3v) is 6.26. The van der Waals surface area contributed by atoms with Gasteiger partial charge >= 0.3 is 131 Å². The molecule has 0 fully saturated rings. The van der Waals surface area contributed by atoms with E-state index in [0.29, 0.717) is 11.1 Å². The second kappa shape index (κ2) is 5.11. The van der Waals surface area contributed by atoms with Crippen LogP contribution >= 0.6 is 0 Å². The third-order valence-electron chi connectivity index (χ3n) is 3.43. The summed E-state index contributed by atoms with van der Waals surface area (Å²) in [6, 6.07) is 12.7. The second-order valence-electron chi connectivity index (χ2n) is 4.46. The number of nitro groups is 3. The Morgan fingerprint density at radius 2 is 1.04 bits per heavy atom. The van der Waals surface area contributed by atoms with Crippen LogP contribution in [0.5, 0.6) is 0 Å². The third kappa shape index (κ3) is 1.85. The van der Waals surface area contributed by atoms with E-state index >= 15 is 0 Å². The molecule has 0 spiro atoms. The van der Waals surface area contributed by atoms with Crippen molar-refractivity contribution in [3.05, 3.63) is 90.0 Å². The van der Waals surface area contributed by atoms with Gasteiger partial charge in [-0.3, -0.25) is 0 Å². The van der Waals surface area contributed by atoms with Crippen molar-refractivity contribution in [1.82, 2.24) is 0 Å². The van der Waals surface area contributed by atoms with Crippen molar-refractivity contribution < 1.29 is 25.3 Å². The van der Waals surface area contributed by atoms with Crippen LogP contribution in [0.15, 0.2) is 48.5 Å². The van der Waals surface area contributed by atoms with Gasteiger partial charge in [-0.1, -0.05) is 0 Å². The van der Waals surface area contributed by atoms with E-state index in [2.05, 4.69) is 0 Å². The quantitative estimate of drug-likeness (QED) is 0.464. The molecule has 9 nitrogen and oxygen atoms in total. The predicted octanol–water partition coefficient (Wildman–Crippen LogP) is 2.49. The van der Waals surface area contributed by atoms with E-state index in [9.17, 15) is 30.3 Å². The maximum atomic E-state index is 11.5. The van der Waals surface area contributed by atoms with E-state index in [-0.39, 0.29) is 11.1 Å². The van der Waals surface area contributed by atoms with Crippen LogP contribution in [0.1, 0.15) is 15.9 Å². The SMILES string of the molecule is O=[N+]([O-])[Cu]([CH]1c2ccccc2-c2ccccc21)([N+](=O)[O-])[N+](=O)[O-]. The van der Waals surface area contributed by atoms with Crippen LogP contribution in [-0.2, 0) is 13.5 Å². The summed E-state index contributed by atoms with van der Waals surface area (Å²) in [5.74, 6) is 0. The molecule has 0 radical (unpaired) electrons. The first-order valence-corrected chi connectivity index (χ1v) is 7.96. The topological polar surface area (TPSA) is 129 Å². The molecule has 0 unspecified atom stereocenters. The van der Waals surface area contributed by atoms with E-state index in [1.807, 2.05) is 0 Å². The van der Waals surface area contributed by atoms with Crippen LogP contribution in [0.3, 0.4) is 0 Å². The molecule has 1 aliphatic carbocycles. The molecule has 23 heavy (non-hydrogen) atoms. The van der Waals surface area contributed by atoms with Crippen molar-refractivity contribution in [2.24, 2.45) is 0 Å². The monoisotopic (exact) mass is 366 g/mol. The van der Waals surface area contributed by atoms with Gasteiger partial charge in [0.05, 0.1) is 0 Å². The maximum absolute atomic E-state index is 11.5. The molecule has 0 amide bonds. The second-order valence-corrected chi connectivity index (χ2v) is 7.33. The van der Waals surface area contributed by atoms with Gasteiger partial charge in [0.1, 0.15) is 0 Å². The Hall–Kier alpha value is -2.84. The number of rotatable bonds is 4. The van der Waals surface area contributed by atoms with Crippen LogP contribution < -0.4 is 0 Å². The molecule has 0 aliphatic heterocycles. The molecule has 0 atom stereocenters. The fourth-order valence-corrected chi connectivity index (χ4v) is 4.85. The average Bonchev–Trinajstić information content (AvgIpc) is 2.83. The Bertz CT molecular complexity index is 774. The summed E-state index contributed by atoms with van der Waals surface area (Å²) >= 11 is -4.62. The normalized spacial score (nSPS) is 13.9. The number of benzene rings is 2. The molecular weight excluding hydrogens is 358 g/mol. The summed E-state index contributed by atoms with van der Waals surface area (Å²) in [6.07, 6.45) is 0. The Morgan fingerprint density at radius 1 is 0.696 bits per heavy atom. The Balaban J connectivity index is 2.40. The zero-order chi connectivity index (χ0) is 16.8. The van der Waals surface area contributed by atoms with Crippen LogP contribution in [0.4, 0.5) is 0 Å². The minimum atomic E-state index is -4.62. The molecule has 2 aromatic carbocycles. The van der Waals surface area contributed by atoms with Gasteiger partial charge in [-0.05, 0) is 0 Å². The summed E-state index contributed by atoms with van der Waals surface area (Å²) in [5, 5.41) is 34.4. The van der Waals surface area contributed by atoms with Gasteiger partial charge in [0.15, 0.2) is 0 Å². The molecule has 0 aromatic heterocycles. The van der Waals surface area contributed by atoms with E-state index < -0.39 is 30.1 Å². The van der Waals surface area contributed by atoms with Crippen LogP contribution in [0.25, 0.3) is 11.1 Å². The van der Waals surface area contributed by atoms with Gasteiger partial charge in [0, 0.05) is 0 Å². The van der Waals surface area contributed by atoms with E-state index in [1.54, 1.807) is 36.4 Å². The minimum absolute atomic E-state index is 0.242. The van der Waals surface area contributed by atoms with Crippen LogP contribution in [0, 0.1) is 30.3 Å². The number of hydrogen-bond donors (Lipinski definition) is 0. The van der Waals surface area contributed by atoms with Gasteiger partial charge in [0.2, 0.25) is 0 Å². The van der Waals surface area contributed by atoms with Crippen molar-refractivity contribution in [2.45, 2.75) is 4.82 Å². The van der Waals surface area contributed by atoms with Gasteiger partial charge in [0.25, 0.3) is 0 Å². The first-order chi connectivity index (χ1) is 10.9. The first-order valence-electron chi connectivity index (χ1n) is 6.16. The standard InChI is InChI=1S/C13H9.Cu.3NO2/c1-3-7-12-10(5-1)9-11-6-2-4-8-13(11)12;;3*2-1-3/h1-9H;;;;. The van der Waals surface area contributed by atoms with E-state index in [1.165, 1.54) is 12.1 Å². The number of hydrogen-bond acceptors (Lipinski definition) is 6. The summed E-state index contributed by atoms with van der Waals surface area (Å²) in [4.78, 5) is 32.9. The van der Waals surface area contributed by atoms with Gasteiger partial charge in [-0.15, -0.1) is 0 Å². The van der Waals surface area contributed by atoms with Crippen molar-refractivity contribution >= 4 is 0 Å². The Labute approximate surface area is 131 Å². The van der Waals surface area contributed by atoms with Gasteiger partial charge < -0.3 is 0 Å². The summed E-state index contributed by atoms with van der Waals surface area (Å²) < 4.78 is -4.03. The summed E-state index contributed by atoms with van der Waals surface area (Å²) in [6.45, 7) is 0. The zero-order valence-corrected chi connectivity index (χ0v) is 12.2. The molecule has 0 bridgehead atoms. The number of nitrogens with zero attached hydrogens (tertiary/aromatic N) is 3. The molecule has 0 saturated heterocycles. The van der Waals surface area contributed by atoms with Crippen LogP contribution in [-0.4, -0.2) is 11.8 Å². The van der Waals surface area contributed by atoms with Crippen molar-refractivity contribution in [2.75, 3.05) is 0 Å². The molecule has 3 rings (SSSR count).